The van der Waals surface area contributed by atoms with E-state index in [0.29, 0.717) is 42.5 Å². The van der Waals surface area contributed by atoms with E-state index in [1.165, 1.54) is 18.2 Å². The molecule has 1 amide bonds. The van der Waals surface area contributed by atoms with Gasteiger partial charge in [0, 0.05) is 28.4 Å². The maximum atomic E-state index is 13.3. The van der Waals surface area contributed by atoms with E-state index in [1.54, 1.807) is 24.3 Å². The summed E-state index contributed by atoms with van der Waals surface area (Å²) in [6.45, 7) is 0. The van der Waals surface area contributed by atoms with Gasteiger partial charge < -0.3 is 5.32 Å². The van der Waals surface area contributed by atoms with E-state index < -0.39 is 23.6 Å². The monoisotopic (exact) mass is 429 g/mol. The average molecular weight is 429 g/mol. The molecule has 1 fully saturated rings. The zero-order chi connectivity index (χ0) is 22.0. The van der Waals surface area contributed by atoms with Crippen molar-refractivity contribution in [1.29, 1.82) is 0 Å². The molecule has 4 nitrogen and oxygen atoms in total. The third kappa shape index (κ3) is 4.90. The Labute approximate surface area is 176 Å². The van der Waals surface area contributed by atoms with Gasteiger partial charge in [-0.1, -0.05) is 24.3 Å². The number of anilines is 1. The summed E-state index contributed by atoms with van der Waals surface area (Å²) >= 11 is 0. The summed E-state index contributed by atoms with van der Waals surface area (Å²) in [6.07, 6.45) is -2.23. The Bertz CT molecular complexity index is 1150. The number of pyridine rings is 1. The predicted molar refractivity (Wildman–Crippen MR) is 111 cm³/mol. The highest BCUT2D eigenvalue weighted by Crippen LogP contribution is 2.34. The van der Waals surface area contributed by atoms with Crippen LogP contribution >= 0.6 is 0 Å². The van der Waals surface area contributed by atoms with Crippen LogP contribution in [-0.2, 0) is 6.18 Å². The second-order valence-corrected chi connectivity index (χ2v) is 7.48. The van der Waals surface area contributed by atoms with Crippen molar-refractivity contribution < 1.29 is 22.4 Å². The molecule has 0 atom stereocenters. The average Bonchev–Trinajstić information content (AvgIpc) is 2.74. The minimum absolute atomic E-state index is 0.0601. The van der Waals surface area contributed by atoms with Crippen LogP contribution in [0.25, 0.3) is 10.9 Å². The second-order valence-electron chi connectivity index (χ2n) is 7.48. The Morgan fingerprint density at radius 2 is 1.77 bits per heavy atom. The Morgan fingerprint density at radius 1 is 1.03 bits per heavy atom. The highest BCUT2D eigenvalue weighted by molar-refractivity contribution is 6.04. The summed E-state index contributed by atoms with van der Waals surface area (Å²) in [7, 11) is 0. The normalized spacial score (nSPS) is 16.9. The summed E-state index contributed by atoms with van der Waals surface area (Å²) in [6, 6.07) is 13.0. The van der Waals surface area contributed by atoms with Crippen LogP contribution in [0.3, 0.4) is 0 Å². The van der Waals surface area contributed by atoms with Crippen LogP contribution < -0.4 is 5.32 Å². The molecule has 0 spiro atoms. The molecule has 1 aliphatic carbocycles. The number of carbonyl (C=O) groups excluding carboxylic acids is 1. The minimum atomic E-state index is -4.54. The van der Waals surface area contributed by atoms with Gasteiger partial charge >= 0.3 is 6.18 Å². The van der Waals surface area contributed by atoms with Gasteiger partial charge in [0.25, 0.3) is 5.91 Å². The highest BCUT2D eigenvalue weighted by atomic mass is 19.4. The molecular formula is C23H19F4N3O. The number of nitrogens with one attached hydrogen (secondary N) is 1. The smallest absolute Gasteiger partial charge is 0.382 e. The molecule has 4 rings (SSSR count). The van der Waals surface area contributed by atoms with Crippen LogP contribution in [0.1, 0.15) is 41.7 Å². The number of para-hydroxylation sites is 1. The molecule has 31 heavy (non-hydrogen) atoms. The summed E-state index contributed by atoms with van der Waals surface area (Å²) in [5.41, 5.74) is 0.628. The lowest BCUT2D eigenvalue weighted by Gasteiger charge is -2.26. The Kier molecular flexibility index (Phi) is 5.71. The van der Waals surface area contributed by atoms with Crippen molar-refractivity contribution in [2.75, 3.05) is 5.32 Å². The molecule has 3 aromatic rings. The first-order valence-electron chi connectivity index (χ1n) is 9.89. The lowest BCUT2D eigenvalue weighted by Crippen LogP contribution is -2.27. The van der Waals surface area contributed by atoms with Crippen LogP contribution in [0.5, 0.6) is 0 Å². The van der Waals surface area contributed by atoms with Crippen LogP contribution in [0.15, 0.2) is 59.6 Å². The van der Waals surface area contributed by atoms with Crippen LogP contribution in [0.2, 0.25) is 0 Å². The number of benzene rings is 2. The number of aliphatic imine (C=N–C) groups is 1. The van der Waals surface area contributed by atoms with E-state index in [0.717, 1.165) is 12.1 Å². The van der Waals surface area contributed by atoms with E-state index in [-0.39, 0.29) is 17.1 Å². The van der Waals surface area contributed by atoms with Crippen molar-refractivity contribution in [2.24, 2.45) is 4.99 Å². The van der Waals surface area contributed by atoms with Gasteiger partial charge in [-0.05, 0) is 56.0 Å². The summed E-state index contributed by atoms with van der Waals surface area (Å²) in [5, 5.41) is 3.84. The number of nitrogens with zero attached hydrogens (tertiary/aromatic N) is 2. The van der Waals surface area contributed by atoms with Crippen molar-refractivity contribution in [2.45, 2.75) is 37.9 Å². The number of fused-ring (bicyclic) bond motifs is 1. The van der Waals surface area contributed by atoms with Crippen LogP contribution in [0, 0.1) is 5.82 Å². The van der Waals surface area contributed by atoms with E-state index in [9.17, 15) is 22.4 Å². The molecule has 1 heterocycles. The maximum absolute atomic E-state index is 13.3. The number of hydrogen-bond donors (Lipinski definition) is 1. The van der Waals surface area contributed by atoms with Crippen molar-refractivity contribution >= 4 is 28.2 Å². The molecule has 1 N–H and O–H groups in total. The minimum Gasteiger partial charge on any atom is -0.382 e. The van der Waals surface area contributed by atoms with Gasteiger partial charge in [-0.3, -0.25) is 4.79 Å². The summed E-state index contributed by atoms with van der Waals surface area (Å²) < 4.78 is 53.0. The van der Waals surface area contributed by atoms with Crippen LogP contribution in [-0.4, -0.2) is 22.6 Å². The zero-order valence-corrected chi connectivity index (χ0v) is 16.4. The zero-order valence-electron chi connectivity index (χ0n) is 16.4. The molecule has 160 valence electrons. The fraction of sp³-hybridized carbons (Fsp3) is 0.261. The van der Waals surface area contributed by atoms with Gasteiger partial charge in [0.05, 0.1) is 5.52 Å². The van der Waals surface area contributed by atoms with Crippen molar-refractivity contribution in [3.63, 3.8) is 0 Å². The van der Waals surface area contributed by atoms with Gasteiger partial charge in [0.1, 0.15) is 11.5 Å². The van der Waals surface area contributed by atoms with E-state index >= 15 is 0 Å². The number of halogens is 4. The Hall–Kier alpha value is -3.29. The van der Waals surface area contributed by atoms with Gasteiger partial charge in [0.2, 0.25) is 0 Å². The largest absolute Gasteiger partial charge is 0.433 e. The molecule has 0 radical (unpaired) electrons. The number of carbonyl (C=O) groups is 1. The molecule has 1 aromatic heterocycles. The molecule has 0 bridgehead atoms. The Morgan fingerprint density at radius 3 is 2.48 bits per heavy atom. The SMILES string of the molecule is O=C(N=C1CCC(Nc2cc(C(F)(F)F)nc3ccccc23)CC1)c1cccc(F)c1. The molecule has 0 saturated heterocycles. The third-order valence-corrected chi connectivity index (χ3v) is 5.26. The fourth-order valence-electron chi connectivity index (χ4n) is 3.70. The molecule has 0 unspecified atom stereocenters. The first-order chi connectivity index (χ1) is 14.8. The molecule has 8 heteroatoms. The van der Waals surface area contributed by atoms with Crippen molar-refractivity contribution in [3.05, 3.63) is 71.7 Å². The number of aromatic nitrogens is 1. The Balaban J connectivity index is 1.48. The number of alkyl halides is 3. The molecule has 0 aliphatic heterocycles. The van der Waals surface area contributed by atoms with Gasteiger partial charge in [-0.2, -0.15) is 13.2 Å². The topological polar surface area (TPSA) is 54.4 Å². The summed E-state index contributed by atoms with van der Waals surface area (Å²) in [4.78, 5) is 20.1. The third-order valence-electron chi connectivity index (χ3n) is 5.26. The van der Waals surface area contributed by atoms with Gasteiger partial charge in [-0.15, -0.1) is 0 Å². The van der Waals surface area contributed by atoms with E-state index in [2.05, 4.69) is 15.3 Å². The lowest BCUT2D eigenvalue weighted by atomic mass is 9.93. The molecule has 2 aromatic carbocycles. The lowest BCUT2D eigenvalue weighted by molar-refractivity contribution is -0.140. The van der Waals surface area contributed by atoms with Crippen molar-refractivity contribution in [3.8, 4) is 0 Å². The summed E-state index contributed by atoms with van der Waals surface area (Å²) in [5.74, 6) is -0.988. The number of rotatable bonds is 3. The first-order valence-corrected chi connectivity index (χ1v) is 9.89. The number of hydrogen-bond acceptors (Lipinski definition) is 3. The first kappa shape index (κ1) is 21.0. The highest BCUT2D eigenvalue weighted by Gasteiger charge is 2.33. The molecule has 1 aliphatic rings. The molecule has 1 saturated carbocycles. The standard InChI is InChI=1S/C23H19F4N3O/c24-15-5-3-4-14(12-15)22(31)29-17-10-8-16(9-11-17)28-20-13-21(23(25,26)27)30-19-7-2-1-6-18(19)20/h1-7,12-13,16H,8-11H2,(H,28,30). The van der Waals surface area contributed by atoms with Gasteiger partial charge in [-0.25, -0.2) is 14.4 Å². The predicted octanol–water partition coefficient (Wildman–Crippen LogP) is 6.03. The van der Waals surface area contributed by atoms with Crippen LogP contribution in [0.4, 0.5) is 23.2 Å². The quantitative estimate of drug-likeness (QED) is 0.518. The van der Waals surface area contributed by atoms with Crippen molar-refractivity contribution in [1.82, 2.24) is 4.98 Å². The molecular weight excluding hydrogens is 410 g/mol. The van der Waals surface area contributed by atoms with E-state index in [4.69, 9.17) is 0 Å². The second kappa shape index (κ2) is 8.45. The van der Waals surface area contributed by atoms with Gasteiger partial charge in [0.15, 0.2) is 0 Å². The maximum Gasteiger partial charge on any atom is 0.433 e. The number of amides is 1. The fourth-order valence-corrected chi connectivity index (χ4v) is 3.70. The van der Waals surface area contributed by atoms with E-state index in [1.807, 2.05) is 0 Å².